The third-order valence-corrected chi connectivity index (χ3v) is 2.77. The molecule has 1 saturated heterocycles. The number of nitrogens with two attached hydrogens (primary N) is 1. The fourth-order valence-electron chi connectivity index (χ4n) is 2.07. The van der Waals surface area contributed by atoms with Crippen molar-refractivity contribution in [2.75, 3.05) is 39.8 Å². The normalized spacial score (nSPS) is 30.7. The Morgan fingerprint density at radius 3 is 2.92 bits per heavy atom. The van der Waals surface area contributed by atoms with Crippen LogP contribution in [0.4, 0.5) is 0 Å². The Labute approximate surface area is 80.1 Å². The molecule has 0 aromatic carbocycles. The van der Waals surface area contributed by atoms with Crippen LogP contribution in [-0.4, -0.2) is 55.4 Å². The van der Waals surface area contributed by atoms with Gasteiger partial charge in [0, 0.05) is 25.2 Å². The van der Waals surface area contributed by atoms with Crippen molar-refractivity contribution in [2.45, 2.75) is 18.4 Å². The molecule has 1 fully saturated rings. The number of hydrogen-bond acceptors (Lipinski definition) is 4. The number of likely N-dealkylation sites (N-methyl/N-ethyl adjacent to an activating group) is 1. The molecule has 4 heteroatoms. The van der Waals surface area contributed by atoms with Gasteiger partial charge in [-0.2, -0.15) is 0 Å². The Balaban J connectivity index is 2.46. The topological polar surface area (TPSA) is 61.5 Å². The molecule has 0 radical (unpaired) electrons. The van der Waals surface area contributed by atoms with Crippen LogP contribution >= 0.6 is 0 Å². The van der Waals surface area contributed by atoms with Crippen molar-refractivity contribution in [3.63, 3.8) is 0 Å². The highest BCUT2D eigenvalue weighted by molar-refractivity contribution is 4.94. The Kier molecular flexibility index (Phi) is 4.12. The average molecular weight is 187 g/mol. The molecule has 0 aliphatic carbocycles. The molecule has 1 heterocycles. The van der Waals surface area contributed by atoms with Crippen molar-refractivity contribution >= 4 is 0 Å². The highest BCUT2D eigenvalue weighted by Crippen LogP contribution is 2.18. The first kappa shape index (κ1) is 10.9. The summed E-state index contributed by atoms with van der Waals surface area (Å²) in [7, 11) is 2.12. The molecule has 4 N–H and O–H groups in total. The maximum atomic E-state index is 8.76. The molecule has 4 nitrogen and oxygen atoms in total. The molecule has 0 aromatic heterocycles. The van der Waals surface area contributed by atoms with E-state index in [0.29, 0.717) is 13.1 Å². The van der Waals surface area contributed by atoms with E-state index in [1.54, 1.807) is 0 Å². The second-order valence-corrected chi connectivity index (χ2v) is 3.98. The van der Waals surface area contributed by atoms with E-state index in [2.05, 4.69) is 17.3 Å². The van der Waals surface area contributed by atoms with Crippen LogP contribution < -0.4 is 11.1 Å². The van der Waals surface area contributed by atoms with Gasteiger partial charge in [0.2, 0.25) is 0 Å². The number of aliphatic hydroxyl groups excluding tert-OH is 1. The highest BCUT2D eigenvalue weighted by atomic mass is 16.3. The molecule has 1 rings (SSSR count). The number of likely N-dealkylation sites (tertiary alicyclic amines) is 1. The van der Waals surface area contributed by atoms with E-state index in [-0.39, 0.29) is 12.1 Å². The molecular formula is C9H21N3O. The molecule has 0 bridgehead atoms. The Morgan fingerprint density at radius 2 is 2.38 bits per heavy atom. The molecule has 0 aromatic rings. The highest BCUT2D eigenvalue weighted by Gasteiger charge is 2.31. The van der Waals surface area contributed by atoms with E-state index in [1.807, 2.05) is 0 Å². The molecule has 0 amide bonds. The first-order valence-electron chi connectivity index (χ1n) is 4.97. The van der Waals surface area contributed by atoms with Gasteiger partial charge in [0.25, 0.3) is 0 Å². The fourth-order valence-corrected chi connectivity index (χ4v) is 2.07. The molecule has 1 unspecified atom stereocenters. The van der Waals surface area contributed by atoms with Crippen molar-refractivity contribution < 1.29 is 5.11 Å². The summed E-state index contributed by atoms with van der Waals surface area (Å²) in [5.41, 5.74) is 5.81. The summed E-state index contributed by atoms with van der Waals surface area (Å²) in [5, 5.41) is 12.1. The second-order valence-electron chi connectivity index (χ2n) is 3.98. The number of piperidine rings is 1. The zero-order chi connectivity index (χ0) is 9.73. The predicted molar refractivity (Wildman–Crippen MR) is 53.6 cm³/mol. The summed E-state index contributed by atoms with van der Waals surface area (Å²) in [5.74, 6) is 0. The first-order chi connectivity index (χ1) is 6.22. The van der Waals surface area contributed by atoms with Crippen molar-refractivity contribution in [1.82, 2.24) is 10.2 Å². The van der Waals surface area contributed by atoms with Gasteiger partial charge in [-0.15, -0.1) is 0 Å². The van der Waals surface area contributed by atoms with Crippen LogP contribution in [0.2, 0.25) is 0 Å². The second kappa shape index (κ2) is 4.91. The predicted octanol–water partition coefficient (Wildman–Crippen LogP) is -1.01. The van der Waals surface area contributed by atoms with Gasteiger partial charge in [-0.05, 0) is 26.4 Å². The van der Waals surface area contributed by atoms with E-state index in [1.165, 1.54) is 6.42 Å². The van der Waals surface area contributed by atoms with E-state index >= 15 is 0 Å². The number of hydrogen-bond donors (Lipinski definition) is 3. The van der Waals surface area contributed by atoms with Crippen molar-refractivity contribution in [1.29, 1.82) is 0 Å². The number of nitrogens with zero attached hydrogens (tertiary/aromatic N) is 1. The van der Waals surface area contributed by atoms with E-state index in [4.69, 9.17) is 10.8 Å². The smallest absolute Gasteiger partial charge is 0.0556 e. The Morgan fingerprint density at radius 1 is 1.62 bits per heavy atom. The lowest BCUT2D eigenvalue weighted by atomic mass is 9.89. The van der Waals surface area contributed by atoms with Gasteiger partial charge in [-0.3, -0.25) is 0 Å². The lowest BCUT2D eigenvalue weighted by Gasteiger charge is -2.41. The summed E-state index contributed by atoms with van der Waals surface area (Å²) in [6.45, 7) is 3.62. The summed E-state index contributed by atoms with van der Waals surface area (Å²) in [6.07, 6.45) is 2.31. The molecule has 13 heavy (non-hydrogen) atoms. The number of nitrogens with one attached hydrogen (secondary N) is 1. The summed E-state index contributed by atoms with van der Waals surface area (Å²) >= 11 is 0. The SMILES string of the molecule is CN1CCCC(CN)(NCCO)C1. The van der Waals surface area contributed by atoms with Crippen molar-refractivity contribution in [3.8, 4) is 0 Å². The lowest BCUT2D eigenvalue weighted by Crippen LogP contribution is -2.60. The zero-order valence-electron chi connectivity index (χ0n) is 8.42. The molecule has 0 spiro atoms. The molecular weight excluding hydrogens is 166 g/mol. The van der Waals surface area contributed by atoms with Crippen LogP contribution in [0.3, 0.4) is 0 Å². The minimum atomic E-state index is 0.0374. The summed E-state index contributed by atoms with van der Waals surface area (Å²) in [4.78, 5) is 2.29. The minimum absolute atomic E-state index is 0.0374. The number of β-amino-alcohol motifs (C(OH)–C–C–N with tert-alkyl or cyclic N) is 1. The summed E-state index contributed by atoms with van der Waals surface area (Å²) < 4.78 is 0. The van der Waals surface area contributed by atoms with E-state index < -0.39 is 0 Å². The average Bonchev–Trinajstić information content (AvgIpc) is 2.15. The van der Waals surface area contributed by atoms with Crippen molar-refractivity contribution in [2.24, 2.45) is 5.73 Å². The van der Waals surface area contributed by atoms with Crippen molar-refractivity contribution in [3.05, 3.63) is 0 Å². The third kappa shape index (κ3) is 2.91. The Bertz CT molecular complexity index is 154. The van der Waals surface area contributed by atoms with Gasteiger partial charge >= 0.3 is 0 Å². The van der Waals surface area contributed by atoms with Crippen LogP contribution in [0, 0.1) is 0 Å². The van der Waals surface area contributed by atoms with Gasteiger partial charge in [-0.1, -0.05) is 0 Å². The number of rotatable bonds is 4. The quantitative estimate of drug-likeness (QED) is 0.528. The monoisotopic (exact) mass is 187 g/mol. The zero-order valence-corrected chi connectivity index (χ0v) is 8.42. The van der Waals surface area contributed by atoms with Crippen LogP contribution in [0.25, 0.3) is 0 Å². The molecule has 1 aliphatic rings. The van der Waals surface area contributed by atoms with Crippen LogP contribution in [0.15, 0.2) is 0 Å². The maximum Gasteiger partial charge on any atom is 0.0556 e. The van der Waals surface area contributed by atoms with Gasteiger partial charge < -0.3 is 21.1 Å². The van der Waals surface area contributed by atoms with Crippen LogP contribution in [0.5, 0.6) is 0 Å². The fraction of sp³-hybridized carbons (Fsp3) is 1.00. The molecule has 1 aliphatic heterocycles. The van der Waals surface area contributed by atoms with E-state index in [9.17, 15) is 0 Å². The molecule has 0 saturated carbocycles. The first-order valence-corrected chi connectivity index (χ1v) is 4.97. The minimum Gasteiger partial charge on any atom is -0.395 e. The molecule has 78 valence electrons. The summed E-state index contributed by atoms with van der Waals surface area (Å²) in [6, 6.07) is 0. The van der Waals surface area contributed by atoms with Gasteiger partial charge in [0.1, 0.15) is 0 Å². The van der Waals surface area contributed by atoms with Crippen LogP contribution in [0.1, 0.15) is 12.8 Å². The largest absolute Gasteiger partial charge is 0.395 e. The van der Waals surface area contributed by atoms with Gasteiger partial charge in [0.05, 0.1) is 6.61 Å². The Hall–Kier alpha value is -0.160. The number of aliphatic hydroxyl groups is 1. The van der Waals surface area contributed by atoms with Gasteiger partial charge in [-0.25, -0.2) is 0 Å². The maximum absolute atomic E-state index is 8.76. The van der Waals surface area contributed by atoms with Crippen LogP contribution in [-0.2, 0) is 0 Å². The van der Waals surface area contributed by atoms with E-state index in [0.717, 1.165) is 19.5 Å². The third-order valence-electron chi connectivity index (χ3n) is 2.77. The lowest BCUT2D eigenvalue weighted by molar-refractivity contribution is 0.141. The van der Waals surface area contributed by atoms with Gasteiger partial charge in [0.15, 0.2) is 0 Å². The molecule has 1 atom stereocenters. The standard InChI is InChI=1S/C9H21N3O/c1-12-5-2-3-9(7-10,8-12)11-4-6-13/h11,13H,2-8,10H2,1H3.